The molecular formula is C12H13N3O2. The Balaban J connectivity index is 2.18. The lowest BCUT2D eigenvalue weighted by molar-refractivity contribution is 0.407. The molecule has 0 saturated heterocycles. The Kier molecular flexibility index (Phi) is 3.40. The largest absolute Gasteiger partial charge is 0.497 e. The Labute approximate surface area is 99.4 Å². The lowest BCUT2D eigenvalue weighted by Crippen LogP contribution is -1.95. The molecule has 0 spiro atoms. The number of rotatable bonds is 4. The van der Waals surface area contributed by atoms with Gasteiger partial charge in [-0.1, -0.05) is 6.07 Å². The van der Waals surface area contributed by atoms with E-state index in [2.05, 4.69) is 15.3 Å². The molecule has 88 valence electrons. The van der Waals surface area contributed by atoms with Crippen molar-refractivity contribution in [1.82, 2.24) is 9.97 Å². The first kappa shape index (κ1) is 11.2. The van der Waals surface area contributed by atoms with E-state index in [-0.39, 0.29) is 0 Å². The highest BCUT2D eigenvalue weighted by Crippen LogP contribution is 2.23. The van der Waals surface area contributed by atoms with Crippen molar-refractivity contribution in [2.75, 3.05) is 19.5 Å². The third kappa shape index (κ3) is 2.84. The molecule has 0 atom stereocenters. The molecule has 0 aliphatic heterocycles. The monoisotopic (exact) mass is 231 g/mol. The van der Waals surface area contributed by atoms with E-state index < -0.39 is 0 Å². The summed E-state index contributed by atoms with van der Waals surface area (Å²) in [4.78, 5) is 8.22. The average molecular weight is 231 g/mol. The summed E-state index contributed by atoms with van der Waals surface area (Å²) in [5.41, 5.74) is 0. The average Bonchev–Trinajstić information content (AvgIpc) is 2.39. The highest BCUT2D eigenvalue weighted by Gasteiger charge is 2.01. The molecule has 1 N–H and O–H groups in total. The molecule has 2 aromatic rings. The maximum atomic E-state index is 5.57. The minimum absolute atomic E-state index is 0.435. The number of methoxy groups -OCH3 is 1. The molecule has 1 aromatic heterocycles. The summed E-state index contributed by atoms with van der Waals surface area (Å²) in [6.45, 7) is 0. The lowest BCUT2D eigenvalue weighted by Gasteiger charge is -2.07. The zero-order chi connectivity index (χ0) is 12.1. The number of hydrogen-bond acceptors (Lipinski definition) is 5. The third-order valence-electron chi connectivity index (χ3n) is 2.13. The molecule has 0 fully saturated rings. The van der Waals surface area contributed by atoms with Crippen LogP contribution in [0.2, 0.25) is 0 Å². The number of aromatic nitrogens is 2. The molecule has 0 amide bonds. The molecule has 0 unspecified atom stereocenters. The van der Waals surface area contributed by atoms with E-state index in [1.165, 1.54) is 0 Å². The van der Waals surface area contributed by atoms with Crippen LogP contribution in [0.15, 0.2) is 36.7 Å². The number of ether oxygens (including phenoxy) is 2. The first-order valence-electron chi connectivity index (χ1n) is 5.13. The van der Waals surface area contributed by atoms with E-state index in [9.17, 15) is 0 Å². The van der Waals surface area contributed by atoms with E-state index in [1.54, 1.807) is 32.6 Å². The molecule has 0 aliphatic carbocycles. The van der Waals surface area contributed by atoms with Crippen LogP contribution in [0.5, 0.6) is 17.4 Å². The van der Waals surface area contributed by atoms with Gasteiger partial charge in [0.1, 0.15) is 17.3 Å². The van der Waals surface area contributed by atoms with Gasteiger partial charge in [0.15, 0.2) is 0 Å². The van der Waals surface area contributed by atoms with Gasteiger partial charge >= 0.3 is 0 Å². The smallest absolute Gasteiger partial charge is 0.239 e. The van der Waals surface area contributed by atoms with Crippen LogP contribution in [-0.4, -0.2) is 24.1 Å². The van der Waals surface area contributed by atoms with Crippen molar-refractivity contribution in [3.63, 3.8) is 0 Å². The summed E-state index contributed by atoms with van der Waals surface area (Å²) in [6, 6.07) is 7.32. The van der Waals surface area contributed by atoms with Crippen molar-refractivity contribution in [2.45, 2.75) is 0 Å². The Morgan fingerprint density at radius 2 is 2.00 bits per heavy atom. The van der Waals surface area contributed by atoms with Crippen LogP contribution in [0.25, 0.3) is 0 Å². The van der Waals surface area contributed by atoms with Crippen molar-refractivity contribution >= 4 is 5.82 Å². The molecule has 0 bridgehead atoms. The van der Waals surface area contributed by atoms with Gasteiger partial charge in [-0.05, 0) is 12.1 Å². The van der Waals surface area contributed by atoms with Crippen molar-refractivity contribution in [3.8, 4) is 17.4 Å². The summed E-state index contributed by atoms with van der Waals surface area (Å²) >= 11 is 0. The predicted molar refractivity (Wildman–Crippen MR) is 64.6 cm³/mol. The Bertz CT molecular complexity index is 457. The molecule has 0 saturated carbocycles. The number of nitrogens with zero attached hydrogens (tertiary/aromatic N) is 2. The van der Waals surface area contributed by atoms with Crippen LogP contribution in [0.1, 0.15) is 0 Å². The van der Waals surface area contributed by atoms with Crippen LogP contribution >= 0.6 is 0 Å². The second-order valence-electron chi connectivity index (χ2n) is 3.27. The molecule has 1 heterocycles. The molecule has 2 rings (SSSR count). The Morgan fingerprint density at radius 1 is 1.18 bits per heavy atom. The van der Waals surface area contributed by atoms with Crippen LogP contribution in [-0.2, 0) is 0 Å². The van der Waals surface area contributed by atoms with Gasteiger partial charge in [0.05, 0.1) is 19.5 Å². The van der Waals surface area contributed by atoms with Crippen LogP contribution in [0.4, 0.5) is 5.82 Å². The summed E-state index contributed by atoms with van der Waals surface area (Å²) in [6.07, 6.45) is 3.18. The quantitative estimate of drug-likeness (QED) is 0.875. The van der Waals surface area contributed by atoms with E-state index >= 15 is 0 Å². The predicted octanol–water partition coefficient (Wildman–Crippen LogP) is 2.32. The van der Waals surface area contributed by atoms with Crippen LogP contribution in [0, 0.1) is 0 Å². The third-order valence-corrected chi connectivity index (χ3v) is 2.13. The zero-order valence-corrected chi connectivity index (χ0v) is 9.68. The molecule has 5 heteroatoms. The number of nitrogens with one attached hydrogen (secondary N) is 1. The van der Waals surface area contributed by atoms with Gasteiger partial charge in [-0.25, -0.2) is 0 Å². The van der Waals surface area contributed by atoms with Crippen molar-refractivity contribution in [1.29, 1.82) is 0 Å². The summed E-state index contributed by atoms with van der Waals surface area (Å²) in [7, 11) is 3.39. The zero-order valence-electron chi connectivity index (χ0n) is 9.68. The van der Waals surface area contributed by atoms with Gasteiger partial charge in [-0.3, -0.25) is 4.98 Å². The van der Waals surface area contributed by atoms with Gasteiger partial charge in [0.2, 0.25) is 5.88 Å². The number of hydrogen-bond donors (Lipinski definition) is 1. The van der Waals surface area contributed by atoms with E-state index in [4.69, 9.17) is 9.47 Å². The molecule has 5 nitrogen and oxygen atoms in total. The highest BCUT2D eigenvalue weighted by atomic mass is 16.5. The van der Waals surface area contributed by atoms with E-state index in [0.717, 1.165) is 5.75 Å². The Morgan fingerprint density at radius 3 is 2.76 bits per heavy atom. The van der Waals surface area contributed by atoms with Crippen molar-refractivity contribution < 1.29 is 9.47 Å². The standard InChI is InChI=1S/C12H13N3O2/c1-13-11-7-14-8-12(15-11)17-10-5-3-4-9(6-10)16-2/h3-8H,1-2H3,(H,13,15). The number of anilines is 1. The second kappa shape index (κ2) is 5.16. The molecular weight excluding hydrogens is 218 g/mol. The Hall–Kier alpha value is -2.30. The molecule has 0 radical (unpaired) electrons. The van der Waals surface area contributed by atoms with Gasteiger partial charge in [0, 0.05) is 13.1 Å². The van der Waals surface area contributed by atoms with Gasteiger partial charge in [-0.2, -0.15) is 4.98 Å². The number of benzene rings is 1. The van der Waals surface area contributed by atoms with E-state index in [0.29, 0.717) is 17.4 Å². The van der Waals surface area contributed by atoms with Crippen molar-refractivity contribution in [2.24, 2.45) is 0 Å². The topological polar surface area (TPSA) is 56.3 Å². The summed E-state index contributed by atoms with van der Waals surface area (Å²) in [5.74, 6) is 2.49. The lowest BCUT2D eigenvalue weighted by atomic mass is 10.3. The molecule has 1 aromatic carbocycles. The summed E-state index contributed by atoms with van der Waals surface area (Å²) in [5, 5.41) is 2.90. The first-order chi connectivity index (χ1) is 8.31. The maximum absolute atomic E-state index is 5.57. The maximum Gasteiger partial charge on any atom is 0.239 e. The molecule has 0 aliphatic rings. The van der Waals surface area contributed by atoms with Gasteiger partial charge < -0.3 is 14.8 Å². The SMILES string of the molecule is CNc1cncc(Oc2cccc(OC)c2)n1. The fourth-order valence-corrected chi connectivity index (χ4v) is 1.30. The second-order valence-corrected chi connectivity index (χ2v) is 3.27. The van der Waals surface area contributed by atoms with Crippen molar-refractivity contribution in [3.05, 3.63) is 36.7 Å². The van der Waals surface area contributed by atoms with Crippen LogP contribution in [0.3, 0.4) is 0 Å². The first-order valence-corrected chi connectivity index (χ1v) is 5.13. The fourth-order valence-electron chi connectivity index (χ4n) is 1.30. The molecule has 17 heavy (non-hydrogen) atoms. The summed E-state index contributed by atoms with van der Waals surface area (Å²) < 4.78 is 10.7. The minimum Gasteiger partial charge on any atom is -0.497 e. The fraction of sp³-hybridized carbons (Fsp3) is 0.167. The van der Waals surface area contributed by atoms with Gasteiger partial charge in [-0.15, -0.1) is 0 Å². The minimum atomic E-state index is 0.435. The van der Waals surface area contributed by atoms with Crippen LogP contribution < -0.4 is 14.8 Å². The highest BCUT2D eigenvalue weighted by molar-refractivity contribution is 5.37. The van der Waals surface area contributed by atoms with E-state index in [1.807, 2.05) is 18.2 Å². The normalized spacial score (nSPS) is 9.76. The van der Waals surface area contributed by atoms with Gasteiger partial charge in [0.25, 0.3) is 0 Å².